The van der Waals surface area contributed by atoms with Gasteiger partial charge in [0.2, 0.25) is 10.8 Å². The number of benzene rings is 1. The van der Waals surface area contributed by atoms with E-state index in [2.05, 4.69) is 41.3 Å². The van der Waals surface area contributed by atoms with Gasteiger partial charge < -0.3 is 15.1 Å². The lowest BCUT2D eigenvalue weighted by atomic mass is 9.98. The summed E-state index contributed by atoms with van der Waals surface area (Å²) >= 11 is 1.52. The molecule has 0 bridgehead atoms. The number of nitrogens with one attached hydrogen (secondary N) is 1. The van der Waals surface area contributed by atoms with Crippen LogP contribution in [0.3, 0.4) is 0 Å². The predicted molar refractivity (Wildman–Crippen MR) is 106 cm³/mol. The van der Waals surface area contributed by atoms with E-state index in [1.807, 2.05) is 6.92 Å². The molecule has 6 nitrogen and oxygen atoms in total. The first-order chi connectivity index (χ1) is 13.1. The maximum Gasteiger partial charge on any atom is 0.235 e. The predicted octanol–water partition coefficient (Wildman–Crippen LogP) is 1.75. The minimum Gasteiger partial charge on any atom is -0.492 e. The number of hydrogen-bond donors (Lipinski definition) is 3. The Morgan fingerprint density at radius 3 is 2.48 bits per heavy atom. The molecule has 0 saturated carbocycles. The van der Waals surface area contributed by atoms with Crippen molar-refractivity contribution >= 4 is 16.3 Å². The minimum atomic E-state index is -0.208. The zero-order valence-corrected chi connectivity index (χ0v) is 16.7. The van der Waals surface area contributed by atoms with Gasteiger partial charge in [-0.25, -0.2) is 4.98 Å². The van der Waals surface area contributed by atoms with Crippen molar-refractivity contribution in [1.82, 2.24) is 14.6 Å². The summed E-state index contributed by atoms with van der Waals surface area (Å²) in [5, 5.41) is 25.3. The summed E-state index contributed by atoms with van der Waals surface area (Å²) in [7, 11) is 0. The molecule has 7 heteroatoms. The van der Waals surface area contributed by atoms with Gasteiger partial charge in [-0.2, -0.15) is 4.52 Å². The molecule has 3 heterocycles. The largest absolute Gasteiger partial charge is 0.492 e. The molecule has 1 fully saturated rings. The van der Waals surface area contributed by atoms with Crippen LogP contribution in [0.4, 0.5) is 0 Å². The Morgan fingerprint density at radius 2 is 1.89 bits per heavy atom. The van der Waals surface area contributed by atoms with E-state index in [9.17, 15) is 10.2 Å². The average Bonchev–Trinajstić information content (AvgIpc) is 3.23. The van der Waals surface area contributed by atoms with Gasteiger partial charge in [0.15, 0.2) is 11.9 Å². The van der Waals surface area contributed by atoms with Gasteiger partial charge in [-0.05, 0) is 12.0 Å². The molecule has 0 spiro atoms. The summed E-state index contributed by atoms with van der Waals surface area (Å²) in [4.78, 5) is 7.56. The highest BCUT2D eigenvalue weighted by Gasteiger charge is 2.35. The number of aliphatic hydroxyl groups is 1. The molecule has 0 radical (unpaired) electrons. The fourth-order valence-corrected chi connectivity index (χ4v) is 5.07. The number of fused-ring (bicyclic) bond motifs is 1. The van der Waals surface area contributed by atoms with E-state index in [0.29, 0.717) is 0 Å². The second kappa shape index (κ2) is 7.58. The molecule has 1 aliphatic heterocycles. The molecular weight excluding hydrogens is 360 g/mol. The maximum absolute atomic E-state index is 10.9. The zero-order valence-electron chi connectivity index (χ0n) is 15.9. The molecule has 1 atom stereocenters. The van der Waals surface area contributed by atoms with Crippen LogP contribution in [0.25, 0.3) is 4.96 Å². The van der Waals surface area contributed by atoms with Crippen molar-refractivity contribution < 1.29 is 15.1 Å². The number of rotatable bonds is 5. The van der Waals surface area contributed by atoms with Crippen molar-refractivity contribution in [2.75, 3.05) is 13.1 Å². The summed E-state index contributed by atoms with van der Waals surface area (Å²) in [5.41, 5.74) is 2.50. The Bertz CT molecular complexity index is 910. The van der Waals surface area contributed by atoms with Gasteiger partial charge in [0.05, 0.1) is 19.2 Å². The number of nitrogens with zero attached hydrogens (tertiary/aromatic N) is 3. The normalized spacial score (nSPS) is 21.6. The van der Waals surface area contributed by atoms with E-state index in [0.717, 1.165) is 54.4 Å². The summed E-state index contributed by atoms with van der Waals surface area (Å²) in [6.07, 6.45) is 3.14. The first-order valence-corrected chi connectivity index (χ1v) is 10.6. The molecular formula is C20H27N4O2S+. The third kappa shape index (κ3) is 3.47. The highest BCUT2D eigenvalue weighted by atomic mass is 32.1. The van der Waals surface area contributed by atoms with Gasteiger partial charge in [-0.3, -0.25) is 0 Å². The van der Waals surface area contributed by atoms with E-state index >= 15 is 0 Å². The molecule has 27 heavy (non-hydrogen) atoms. The van der Waals surface area contributed by atoms with Crippen LogP contribution in [0.15, 0.2) is 24.3 Å². The van der Waals surface area contributed by atoms with Crippen molar-refractivity contribution in [1.29, 1.82) is 0 Å². The number of likely N-dealkylation sites (tertiary alicyclic amines) is 1. The van der Waals surface area contributed by atoms with Gasteiger partial charge >= 0.3 is 0 Å². The lowest BCUT2D eigenvalue weighted by Crippen LogP contribution is -3.13. The van der Waals surface area contributed by atoms with Gasteiger partial charge in [0, 0.05) is 24.8 Å². The molecule has 3 N–H and O–H groups in total. The Labute approximate surface area is 163 Å². The van der Waals surface area contributed by atoms with E-state index in [1.54, 1.807) is 4.52 Å². The number of aliphatic hydroxyl groups excluding tert-OH is 1. The highest BCUT2D eigenvalue weighted by molar-refractivity contribution is 7.17. The third-order valence-electron chi connectivity index (χ3n) is 5.55. The lowest BCUT2D eigenvalue weighted by Gasteiger charge is -2.33. The second-order valence-corrected chi connectivity index (χ2v) is 8.29. The van der Waals surface area contributed by atoms with Gasteiger partial charge in [-0.15, -0.1) is 5.10 Å². The number of piperidine rings is 1. The van der Waals surface area contributed by atoms with Crippen molar-refractivity contribution in [3.63, 3.8) is 0 Å². The lowest BCUT2D eigenvalue weighted by molar-refractivity contribution is -0.931. The topological polar surface area (TPSA) is 75.1 Å². The molecule has 144 valence electrons. The van der Waals surface area contributed by atoms with Gasteiger partial charge in [-0.1, -0.05) is 49.4 Å². The number of aromatic hydroxyl groups is 1. The number of hydrogen-bond acceptors (Lipinski definition) is 5. The van der Waals surface area contributed by atoms with E-state index < -0.39 is 0 Å². The Kier molecular flexibility index (Phi) is 5.16. The molecule has 0 amide bonds. The zero-order chi connectivity index (χ0) is 19.0. The maximum atomic E-state index is 10.9. The molecule has 1 aliphatic rings. The molecule has 0 aliphatic carbocycles. The van der Waals surface area contributed by atoms with Crippen molar-refractivity contribution in [3.05, 3.63) is 46.1 Å². The molecule has 1 aromatic carbocycles. The van der Waals surface area contributed by atoms with E-state index in [1.165, 1.54) is 27.4 Å². The molecule has 2 aromatic heterocycles. The van der Waals surface area contributed by atoms with Crippen LogP contribution in [0.2, 0.25) is 0 Å². The fourth-order valence-electron chi connectivity index (χ4n) is 3.91. The molecule has 1 saturated heterocycles. The summed E-state index contributed by atoms with van der Waals surface area (Å²) < 4.78 is 1.57. The Balaban J connectivity index is 1.77. The Morgan fingerprint density at radius 1 is 1.19 bits per heavy atom. The van der Waals surface area contributed by atoms with Crippen LogP contribution < -0.4 is 4.90 Å². The average molecular weight is 388 g/mol. The third-order valence-corrected chi connectivity index (χ3v) is 6.63. The minimum absolute atomic E-state index is 0.0296. The monoisotopic (exact) mass is 387 g/mol. The molecule has 3 aromatic rings. The fraction of sp³-hybridized carbons (Fsp3) is 0.500. The van der Waals surface area contributed by atoms with Crippen molar-refractivity contribution in [2.45, 2.75) is 51.7 Å². The van der Waals surface area contributed by atoms with Gasteiger partial charge in [0.1, 0.15) is 4.88 Å². The molecule has 0 unspecified atom stereocenters. The van der Waals surface area contributed by atoms with Crippen LogP contribution in [0, 0.1) is 0 Å². The first kappa shape index (κ1) is 18.4. The molecule has 4 rings (SSSR count). The van der Waals surface area contributed by atoms with Crippen LogP contribution in [0.5, 0.6) is 5.88 Å². The summed E-state index contributed by atoms with van der Waals surface area (Å²) in [6, 6.07) is 8.72. The number of thiazole rings is 1. The quantitative estimate of drug-likeness (QED) is 0.624. The van der Waals surface area contributed by atoms with Crippen LogP contribution in [-0.2, 0) is 12.8 Å². The van der Waals surface area contributed by atoms with Crippen molar-refractivity contribution in [3.8, 4) is 5.88 Å². The number of aromatic nitrogens is 3. The Hall–Kier alpha value is -1.96. The standard InChI is InChI=1S/C20H26N4O2S/c1-3-13-5-7-14(8-6-13)17(23-11-9-15(25)10-12-23)18-19(26)24-20(27-18)21-16(4-2)22-24/h5-8,15,17,25-26H,3-4,9-12H2,1-2H3/p+1/t17-/m0/s1. The van der Waals surface area contributed by atoms with Gasteiger partial charge in [0.25, 0.3) is 0 Å². The smallest absolute Gasteiger partial charge is 0.235 e. The van der Waals surface area contributed by atoms with E-state index in [-0.39, 0.29) is 18.0 Å². The number of aryl methyl sites for hydroxylation is 2. The van der Waals surface area contributed by atoms with Crippen molar-refractivity contribution in [2.24, 2.45) is 0 Å². The summed E-state index contributed by atoms with van der Waals surface area (Å²) in [6.45, 7) is 5.93. The van der Waals surface area contributed by atoms with Crippen LogP contribution in [0.1, 0.15) is 54.6 Å². The van der Waals surface area contributed by atoms with E-state index in [4.69, 9.17) is 0 Å². The first-order valence-electron chi connectivity index (χ1n) is 9.79. The number of quaternary nitrogens is 1. The SMILES string of the molecule is CCc1ccc([C@@H](c2sc3nc(CC)nn3c2O)[NH+]2CCC(O)CC2)cc1. The summed E-state index contributed by atoms with van der Waals surface area (Å²) in [5.74, 6) is 0.950. The highest BCUT2D eigenvalue weighted by Crippen LogP contribution is 2.35. The van der Waals surface area contributed by atoms with Crippen LogP contribution in [-0.4, -0.2) is 44.0 Å². The second-order valence-electron chi connectivity index (χ2n) is 7.28. The van der Waals surface area contributed by atoms with Crippen LogP contribution >= 0.6 is 11.3 Å².